The molecule has 1 aromatic heterocycles. The molecule has 1 saturated heterocycles. The second kappa shape index (κ2) is 5.29. The molecule has 1 amide bonds. The Morgan fingerprint density at radius 2 is 2.00 bits per heavy atom. The molecule has 0 radical (unpaired) electrons. The number of carbonyl (C=O) groups is 1. The van der Waals surface area contributed by atoms with Crippen molar-refractivity contribution < 1.29 is 13.2 Å². The second-order valence-electron chi connectivity index (χ2n) is 5.84. The average Bonchev–Trinajstić information content (AvgIpc) is 3.14. The van der Waals surface area contributed by atoms with Gasteiger partial charge in [0.15, 0.2) is 9.84 Å². The molecule has 2 atom stereocenters. The van der Waals surface area contributed by atoms with Gasteiger partial charge in [-0.2, -0.15) is 0 Å². The summed E-state index contributed by atoms with van der Waals surface area (Å²) in [5.41, 5.74) is 0.503. The van der Waals surface area contributed by atoms with Gasteiger partial charge in [0.05, 0.1) is 17.1 Å². The number of aromatic nitrogens is 1. The number of hydrogen-bond donors (Lipinski definition) is 1. The minimum absolute atomic E-state index is 0.0470. The average molecular weight is 309 g/mol. The first kappa shape index (κ1) is 14.3. The summed E-state index contributed by atoms with van der Waals surface area (Å²) in [6.45, 7) is 2.71. The van der Waals surface area contributed by atoms with Gasteiger partial charge in [-0.25, -0.2) is 13.4 Å². The summed E-state index contributed by atoms with van der Waals surface area (Å²) < 4.78 is 22.8. The fourth-order valence-corrected chi connectivity index (χ4v) is 3.62. The molecule has 3 rings (SSSR count). The van der Waals surface area contributed by atoms with Crippen LogP contribution in [0.3, 0.4) is 0 Å². The Kier molecular flexibility index (Phi) is 3.61. The van der Waals surface area contributed by atoms with Crippen LogP contribution in [0.1, 0.15) is 23.7 Å². The van der Waals surface area contributed by atoms with Crippen molar-refractivity contribution in [3.63, 3.8) is 0 Å². The van der Waals surface area contributed by atoms with Crippen LogP contribution >= 0.6 is 0 Å². The summed E-state index contributed by atoms with van der Waals surface area (Å²) in [4.78, 5) is 18.1. The molecule has 0 bridgehead atoms. The third kappa shape index (κ3) is 3.34. The van der Waals surface area contributed by atoms with Gasteiger partial charge in [0.25, 0.3) is 5.91 Å². The Labute approximate surface area is 124 Å². The van der Waals surface area contributed by atoms with Crippen molar-refractivity contribution in [3.8, 4) is 0 Å². The largest absolute Gasteiger partial charge is 0.367 e. The van der Waals surface area contributed by atoms with E-state index in [1.54, 1.807) is 23.2 Å². The summed E-state index contributed by atoms with van der Waals surface area (Å²) in [5, 5.41) is 3.31. The normalized spacial score (nSPS) is 27.2. The molecule has 6 nitrogen and oxygen atoms in total. The number of nitrogens with zero attached hydrogens (tertiary/aromatic N) is 2. The van der Waals surface area contributed by atoms with Crippen LogP contribution in [0.25, 0.3) is 0 Å². The number of carbonyl (C=O) groups excluding carboxylic acids is 1. The van der Waals surface area contributed by atoms with Crippen LogP contribution in [0.2, 0.25) is 0 Å². The lowest BCUT2D eigenvalue weighted by atomic mass is 10.2. The topological polar surface area (TPSA) is 79.4 Å². The summed E-state index contributed by atoms with van der Waals surface area (Å²) >= 11 is 0. The van der Waals surface area contributed by atoms with Crippen molar-refractivity contribution in [1.82, 2.24) is 9.88 Å². The second-order valence-corrected chi connectivity index (χ2v) is 8.14. The molecule has 21 heavy (non-hydrogen) atoms. The van der Waals surface area contributed by atoms with Gasteiger partial charge in [-0.3, -0.25) is 4.79 Å². The van der Waals surface area contributed by atoms with E-state index < -0.39 is 9.84 Å². The predicted octanol–water partition coefficient (Wildman–Crippen LogP) is 0.772. The zero-order valence-corrected chi connectivity index (χ0v) is 12.8. The number of anilines is 1. The molecule has 2 aliphatic rings. The summed E-state index contributed by atoms with van der Waals surface area (Å²) in [6, 6.07) is 4.04. The van der Waals surface area contributed by atoms with Gasteiger partial charge < -0.3 is 10.2 Å². The zero-order chi connectivity index (χ0) is 15.0. The lowest BCUT2D eigenvalue weighted by molar-refractivity contribution is 0.0770. The number of pyridine rings is 1. The molecule has 1 N–H and O–H groups in total. The van der Waals surface area contributed by atoms with E-state index in [9.17, 15) is 13.2 Å². The van der Waals surface area contributed by atoms with Crippen LogP contribution in [0.5, 0.6) is 0 Å². The number of rotatable bonds is 3. The Hall–Kier alpha value is -1.63. The van der Waals surface area contributed by atoms with Gasteiger partial charge >= 0.3 is 0 Å². The molecule has 2 fully saturated rings. The van der Waals surface area contributed by atoms with Crippen LogP contribution in [-0.2, 0) is 9.84 Å². The van der Waals surface area contributed by atoms with E-state index in [0.717, 1.165) is 12.2 Å². The Balaban J connectivity index is 1.62. The Bertz CT molecular complexity index is 628. The highest BCUT2D eigenvalue weighted by Crippen LogP contribution is 2.32. The fraction of sp³-hybridized carbons (Fsp3) is 0.571. The van der Waals surface area contributed by atoms with Crippen molar-refractivity contribution in [2.24, 2.45) is 5.92 Å². The first-order valence-corrected chi connectivity index (χ1v) is 8.99. The molecular formula is C14H19N3O3S. The maximum atomic E-state index is 12.3. The minimum atomic E-state index is -2.97. The van der Waals surface area contributed by atoms with Crippen molar-refractivity contribution in [3.05, 3.63) is 23.9 Å². The first-order valence-electron chi connectivity index (χ1n) is 7.17. The van der Waals surface area contributed by atoms with E-state index in [4.69, 9.17) is 0 Å². The molecule has 114 valence electrons. The van der Waals surface area contributed by atoms with Gasteiger partial charge in [-0.05, 0) is 24.5 Å². The van der Waals surface area contributed by atoms with E-state index in [-0.39, 0.29) is 30.5 Å². The van der Waals surface area contributed by atoms with Crippen molar-refractivity contribution in [1.29, 1.82) is 0 Å². The number of sulfone groups is 1. The van der Waals surface area contributed by atoms with E-state index in [0.29, 0.717) is 17.5 Å². The quantitative estimate of drug-likeness (QED) is 0.892. The Morgan fingerprint density at radius 1 is 1.33 bits per heavy atom. The highest BCUT2D eigenvalue weighted by atomic mass is 32.2. The van der Waals surface area contributed by atoms with Crippen molar-refractivity contribution in [2.45, 2.75) is 19.4 Å². The molecule has 1 aliphatic heterocycles. The summed E-state index contributed by atoms with van der Waals surface area (Å²) in [5.74, 6) is 1.41. The number of amides is 1. The lowest BCUT2D eigenvalue weighted by Gasteiger charge is -2.26. The van der Waals surface area contributed by atoms with E-state index >= 15 is 0 Å². The molecule has 2 heterocycles. The Morgan fingerprint density at radius 3 is 2.52 bits per heavy atom. The zero-order valence-electron chi connectivity index (χ0n) is 11.9. The van der Waals surface area contributed by atoms with Gasteiger partial charge in [-0.1, -0.05) is 6.92 Å². The molecule has 1 saturated carbocycles. The van der Waals surface area contributed by atoms with E-state index in [1.807, 2.05) is 0 Å². The fourth-order valence-electron chi connectivity index (χ4n) is 2.42. The van der Waals surface area contributed by atoms with Crippen LogP contribution < -0.4 is 5.32 Å². The van der Waals surface area contributed by atoms with Crippen molar-refractivity contribution in [2.75, 3.05) is 29.9 Å². The predicted molar refractivity (Wildman–Crippen MR) is 80.0 cm³/mol. The maximum absolute atomic E-state index is 12.3. The van der Waals surface area contributed by atoms with E-state index in [1.165, 1.54) is 0 Å². The summed E-state index contributed by atoms with van der Waals surface area (Å²) in [7, 11) is -2.97. The third-order valence-corrected chi connectivity index (χ3v) is 5.69. The molecule has 0 aromatic carbocycles. The van der Waals surface area contributed by atoms with Crippen LogP contribution in [0.4, 0.5) is 5.82 Å². The molecule has 2 unspecified atom stereocenters. The van der Waals surface area contributed by atoms with Gasteiger partial charge in [0.2, 0.25) is 0 Å². The molecule has 1 aliphatic carbocycles. The SMILES string of the molecule is CC1CC1Nc1ccc(C(=O)N2CCS(=O)(=O)CC2)cn1. The van der Waals surface area contributed by atoms with Crippen LogP contribution in [0, 0.1) is 5.92 Å². The smallest absolute Gasteiger partial charge is 0.255 e. The highest BCUT2D eigenvalue weighted by Gasteiger charge is 2.32. The number of nitrogens with one attached hydrogen (secondary N) is 1. The van der Waals surface area contributed by atoms with E-state index in [2.05, 4.69) is 17.2 Å². The first-order chi connectivity index (χ1) is 9.94. The molecule has 7 heteroatoms. The molecule has 1 aromatic rings. The lowest BCUT2D eigenvalue weighted by Crippen LogP contribution is -2.43. The van der Waals surface area contributed by atoms with Gasteiger partial charge in [-0.15, -0.1) is 0 Å². The third-order valence-electron chi connectivity index (χ3n) is 4.08. The molecule has 0 spiro atoms. The molecular weight excluding hydrogens is 290 g/mol. The van der Waals surface area contributed by atoms with Gasteiger partial charge in [0.1, 0.15) is 5.82 Å². The maximum Gasteiger partial charge on any atom is 0.255 e. The highest BCUT2D eigenvalue weighted by molar-refractivity contribution is 7.91. The minimum Gasteiger partial charge on any atom is -0.367 e. The number of hydrogen-bond acceptors (Lipinski definition) is 5. The standard InChI is InChI=1S/C14H19N3O3S/c1-10-8-12(10)16-13-3-2-11(9-15-13)14(18)17-4-6-21(19,20)7-5-17/h2-3,9-10,12H,4-8H2,1H3,(H,15,16). The van der Waals surface area contributed by atoms with Crippen molar-refractivity contribution >= 4 is 21.6 Å². The van der Waals surface area contributed by atoms with Crippen LogP contribution in [-0.4, -0.2) is 54.8 Å². The summed E-state index contributed by atoms with van der Waals surface area (Å²) in [6.07, 6.45) is 2.71. The van der Waals surface area contributed by atoms with Crippen LogP contribution in [0.15, 0.2) is 18.3 Å². The monoisotopic (exact) mass is 309 g/mol. The van der Waals surface area contributed by atoms with Gasteiger partial charge in [0, 0.05) is 25.3 Å².